The van der Waals surface area contributed by atoms with Crippen molar-refractivity contribution >= 4 is 21.5 Å². The first-order valence-corrected chi connectivity index (χ1v) is 11.4. The third-order valence-electron chi connectivity index (χ3n) is 5.64. The van der Waals surface area contributed by atoms with E-state index in [1.165, 1.54) is 11.1 Å². The van der Waals surface area contributed by atoms with Crippen LogP contribution in [0.5, 0.6) is 0 Å². The van der Waals surface area contributed by atoms with Gasteiger partial charge < -0.3 is 5.32 Å². The van der Waals surface area contributed by atoms with E-state index in [-0.39, 0.29) is 36.3 Å². The molecular formula is C22H23NO4S. The summed E-state index contributed by atoms with van der Waals surface area (Å²) in [6, 6.07) is 12.3. The van der Waals surface area contributed by atoms with E-state index in [0.717, 1.165) is 19.3 Å². The Hall–Kier alpha value is -2.47. The Morgan fingerprint density at radius 3 is 2.64 bits per heavy atom. The topological polar surface area (TPSA) is 80.3 Å². The van der Waals surface area contributed by atoms with Gasteiger partial charge in [-0.05, 0) is 54.5 Å². The van der Waals surface area contributed by atoms with Crippen LogP contribution in [-0.2, 0) is 27.5 Å². The summed E-state index contributed by atoms with van der Waals surface area (Å²) in [5.74, 6) is -0.242. The zero-order valence-electron chi connectivity index (χ0n) is 15.6. The van der Waals surface area contributed by atoms with Crippen molar-refractivity contribution in [1.29, 1.82) is 0 Å². The summed E-state index contributed by atoms with van der Waals surface area (Å²) < 4.78 is 24.4. The van der Waals surface area contributed by atoms with Gasteiger partial charge in [-0.15, -0.1) is 0 Å². The molecule has 28 heavy (non-hydrogen) atoms. The Bertz CT molecular complexity index is 1040. The zero-order valence-corrected chi connectivity index (χ0v) is 16.4. The quantitative estimate of drug-likeness (QED) is 0.786. The number of Topliss-reactive ketones (excluding diaryl/α,β-unsaturated/α-hetero) is 1. The molecule has 0 radical (unpaired) electrons. The molecule has 2 aromatic carbocycles. The number of hydrogen-bond donors (Lipinski definition) is 1. The molecule has 1 atom stereocenters. The molecule has 5 nitrogen and oxygen atoms in total. The molecule has 1 aliphatic heterocycles. The molecule has 1 aliphatic carbocycles. The number of hydrogen-bond acceptors (Lipinski definition) is 4. The first kappa shape index (κ1) is 18.9. The molecule has 2 aromatic rings. The van der Waals surface area contributed by atoms with Crippen molar-refractivity contribution in [1.82, 2.24) is 5.32 Å². The molecular weight excluding hydrogens is 374 g/mol. The SMILES string of the molecule is O=C(CCC(=O)c1ccc2c(c1)CCC2)NC1CCS(=O)(=O)c2ccccc21. The number of ketones is 1. The van der Waals surface area contributed by atoms with Crippen molar-refractivity contribution in [2.75, 3.05) is 5.75 Å². The maximum atomic E-state index is 12.5. The van der Waals surface area contributed by atoms with Gasteiger partial charge in [-0.1, -0.05) is 30.3 Å². The lowest BCUT2D eigenvalue weighted by Gasteiger charge is -2.26. The molecule has 0 saturated carbocycles. The van der Waals surface area contributed by atoms with E-state index in [9.17, 15) is 18.0 Å². The number of sulfone groups is 1. The van der Waals surface area contributed by atoms with Gasteiger partial charge in [-0.2, -0.15) is 0 Å². The number of carbonyl (C=O) groups excluding carboxylic acids is 2. The molecule has 0 aromatic heterocycles. The van der Waals surface area contributed by atoms with Crippen molar-refractivity contribution in [3.05, 3.63) is 64.7 Å². The molecule has 0 fully saturated rings. The van der Waals surface area contributed by atoms with Crippen molar-refractivity contribution < 1.29 is 18.0 Å². The first-order chi connectivity index (χ1) is 13.4. The average Bonchev–Trinajstić information content (AvgIpc) is 3.16. The van der Waals surface area contributed by atoms with E-state index in [1.807, 2.05) is 18.2 Å². The smallest absolute Gasteiger partial charge is 0.220 e. The highest BCUT2D eigenvalue weighted by atomic mass is 32.2. The minimum absolute atomic E-state index is 0.0169. The summed E-state index contributed by atoms with van der Waals surface area (Å²) in [5, 5.41) is 2.91. The van der Waals surface area contributed by atoms with Crippen molar-refractivity contribution in [3.8, 4) is 0 Å². The fourth-order valence-electron chi connectivity index (χ4n) is 4.12. The van der Waals surface area contributed by atoms with E-state index in [2.05, 4.69) is 5.32 Å². The number of fused-ring (bicyclic) bond motifs is 2. The van der Waals surface area contributed by atoms with Crippen molar-refractivity contribution in [2.24, 2.45) is 0 Å². The first-order valence-electron chi connectivity index (χ1n) is 9.70. The minimum atomic E-state index is -3.28. The van der Waals surface area contributed by atoms with E-state index >= 15 is 0 Å². The lowest BCUT2D eigenvalue weighted by atomic mass is 10.0. The number of carbonyl (C=O) groups is 2. The Balaban J connectivity index is 1.38. The standard InChI is InChI=1S/C22H23NO4S/c24-20(17-9-8-15-4-3-5-16(15)14-17)10-11-22(25)23-19-12-13-28(26,27)21-7-2-1-6-18(19)21/h1-2,6-9,14,19H,3-5,10-13H2,(H,23,25). The van der Waals surface area contributed by atoms with Gasteiger partial charge in [0.05, 0.1) is 16.7 Å². The average molecular weight is 397 g/mol. The summed E-state index contributed by atoms with van der Waals surface area (Å²) in [7, 11) is -3.28. The Morgan fingerprint density at radius 2 is 1.79 bits per heavy atom. The monoisotopic (exact) mass is 397 g/mol. The molecule has 2 aliphatic rings. The Kier molecular flexibility index (Phi) is 5.06. The van der Waals surface area contributed by atoms with Gasteiger partial charge in [-0.25, -0.2) is 8.42 Å². The van der Waals surface area contributed by atoms with Crippen LogP contribution in [0.25, 0.3) is 0 Å². The van der Waals surface area contributed by atoms with Crippen molar-refractivity contribution in [3.63, 3.8) is 0 Å². The lowest BCUT2D eigenvalue weighted by Crippen LogP contribution is -2.34. The van der Waals surface area contributed by atoms with Crippen LogP contribution in [0.3, 0.4) is 0 Å². The van der Waals surface area contributed by atoms with Gasteiger partial charge in [0.1, 0.15) is 0 Å². The molecule has 0 saturated heterocycles. The van der Waals surface area contributed by atoms with Crippen LogP contribution in [0.15, 0.2) is 47.4 Å². The predicted octanol–water partition coefficient (Wildman–Crippen LogP) is 3.17. The highest BCUT2D eigenvalue weighted by Gasteiger charge is 2.30. The molecule has 1 amide bonds. The molecule has 6 heteroatoms. The van der Waals surface area contributed by atoms with Crippen LogP contribution in [0, 0.1) is 0 Å². The highest BCUT2D eigenvalue weighted by Crippen LogP contribution is 2.32. The summed E-state index contributed by atoms with van der Waals surface area (Å²) in [6.07, 6.45) is 3.82. The molecule has 1 unspecified atom stereocenters. The highest BCUT2D eigenvalue weighted by molar-refractivity contribution is 7.91. The van der Waals surface area contributed by atoms with Gasteiger partial charge >= 0.3 is 0 Å². The van der Waals surface area contributed by atoms with Crippen LogP contribution >= 0.6 is 0 Å². The second-order valence-electron chi connectivity index (χ2n) is 7.53. The van der Waals surface area contributed by atoms with Crippen LogP contribution in [0.4, 0.5) is 0 Å². The summed E-state index contributed by atoms with van der Waals surface area (Å²) >= 11 is 0. The van der Waals surface area contributed by atoms with Crippen LogP contribution in [0.2, 0.25) is 0 Å². The van der Waals surface area contributed by atoms with Gasteiger partial charge in [-0.3, -0.25) is 9.59 Å². The number of benzene rings is 2. The van der Waals surface area contributed by atoms with E-state index in [4.69, 9.17) is 0 Å². The van der Waals surface area contributed by atoms with E-state index < -0.39 is 9.84 Å². The van der Waals surface area contributed by atoms with Gasteiger partial charge in [0.25, 0.3) is 0 Å². The summed E-state index contributed by atoms with van der Waals surface area (Å²) in [4.78, 5) is 25.2. The van der Waals surface area contributed by atoms with Gasteiger partial charge in [0.15, 0.2) is 15.6 Å². The number of amides is 1. The third kappa shape index (κ3) is 3.74. The van der Waals surface area contributed by atoms with Crippen LogP contribution < -0.4 is 5.32 Å². The Labute approximate surface area is 165 Å². The minimum Gasteiger partial charge on any atom is -0.349 e. The zero-order chi connectivity index (χ0) is 19.7. The summed E-state index contributed by atoms with van der Waals surface area (Å²) in [5.41, 5.74) is 3.87. The third-order valence-corrected chi connectivity index (χ3v) is 7.45. The van der Waals surface area contributed by atoms with Crippen LogP contribution in [0.1, 0.15) is 58.8 Å². The lowest BCUT2D eigenvalue weighted by molar-refractivity contribution is -0.121. The molecule has 0 bridgehead atoms. The number of aryl methyl sites for hydroxylation is 2. The maximum Gasteiger partial charge on any atom is 0.220 e. The largest absolute Gasteiger partial charge is 0.349 e. The molecule has 146 valence electrons. The molecule has 4 rings (SSSR count). The second kappa shape index (κ2) is 7.51. The van der Waals surface area contributed by atoms with E-state index in [1.54, 1.807) is 24.3 Å². The summed E-state index contributed by atoms with van der Waals surface area (Å²) in [6.45, 7) is 0. The van der Waals surface area contributed by atoms with Crippen molar-refractivity contribution in [2.45, 2.75) is 49.5 Å². The van der Waals surface area contributed by atoms with E-state index in [0.29, 0.717) is 22.4 Å². The maximum absolute atomic E-state index is 12.5. The molecule has 0 spiro atoms. The fourth-order valence-corrected chi connectivity index (χ4v) is 5.74. The number of rotatable bonds is 5. The fraction of sp³-hybridized carbons (Fsp3) is 0.364. The Morgan fingerprint density at radius 1 is 1.00 bits per heavy atom. The van der Waals surface area contributed by atoms with Gasteiger partial charge in [0.2, 0.25) is 5.91 Å². The molecule has 1 N–H and O–H groups in total. The molecule has 1 heterocycles. The predicted molar refractivity (Wildman–Crippen MR) is 106 cm³/mol. The second-order valence-corrected chi connectivity index (χ2v) is 9.60. The number of nitrogens with one attached hydrogen (secondary N) is 1. The van der Waals surface area contributed by atoms with Gasteiger partial charge in [0, 0.05) is 18.4 Å². The van der Waals surface area contributed by atoms with Crippen LogP contribution in [-0.4, -0.2) is 25.9 Å². The normalized spacial score (nSPS) is 19.5.